The summed E-state index contributed by atoms with van der Waals surface area (Å²) in [5.74, 6) is -0.509. The van der Waals surface area contributed by atoms with E-state index >= 15 is 0 Å². The number of benzene rings is 2. The summed E-state index contributed by atoms with van der Waals surface area (Å²) in [5, 5.41) is 3.49. The van der Waals surface area contributed by atoms with Crippen LogP contribution >= 0.6 is 27.5 Å². The molecule has 1 N–H and O–H groups in total. The number of anilines is 1. The molecule has 3 rings (SSSR count). The Kier molecular flexibility index (Phi) is 5.68. The highest BCUT2D eigenvalue weighted by atomic mass is 79.9. The van der Waals surface area contributed by atoms with Crippen LogP contribution in [0.25, 0.3) is 0 Å². The normalized spacial score (nSPS) is 18.1. The molecule has 1 fully saturated rings. The quantitative estimate of drug-likeness (QED) is 0.738. The summed E-state index contributed by atoms with van der Waals surface area (Å²) in [4.78, 5) is 26.9. The van der Waals surface area contributed by atoms with Crippen LogP contribution in [0.3, 0.4) is 0 Å². The number of nitrogens with one attached hydrogen (secondary N) is 1. The summed E-state index contributed by atoms with van der Waals surface area (Å²) < 4.78 is 0.786. The highest BCUT2D eigenvalue weighted by Gasteiger charge is 2.37. The number of amides is 2. The summed E-state index contributed by atoms with van der Waals surface area (Å²) in [7, 11) is 0. The Morgan fingerprint density at radius 3 is 2.65 bits per heavy atom. The van der Waals surface area contributed by atoms with Gasteiger partial charge in [0.15, 0.2) is 0 Å². The molecule has 4 nitrogen and oxygen atoms in total. The first-order chi connectivity index (χ1) is 12.4. The van der Waals surface area contributed by atoms with Gasteiger partial charge >= 0.3 is 0 Å². The molecule has 0 spiro atoms. The second-order valence-corrected chi connectivity index (χ2v) is 7.79. The zero-order chi connectivity index (χ0) is 18.8. The number of hydrogen-bond acceptors (Lipinski definition) is 2. The summed E-state index contributed by atoms with van der Waals surface area (Å²) in [6, 6.07) is 13.4. The van der Waals surface area contributed by atoms with E-state index in [1.807, 2.05) is 50.2 Å². The van der Waals surface area contributed by atoms with Crippen molar-refractivity contribution in [3.05, 3.63) is 63.1 Å². The first-order valence-electron chi connectivity index (χ1n) is 8.48. The van der Waals surface area contributed by atoms with Crippen molar-refractivity contribution in [1.29, 1.82) is 0 Å². The molecule has 0 aromatic heterocycles. The SMILES string of the molecule is Cc1c(NC(=O)[C@@H]2CC(=O)N([C@@H](C)c3ccccc3)C2)ccc(Br)c1Cl. The predicted octanol–water partition coefficient (Wildman–Crippen LogP) is 4.96. The van der Waals surface area contributed by atoms with Crippen molar-refractivity contribution in [1.82, 2.24) is 4.90 Å². The van der Waals surface area contributed by atoms with Crippen molar-refractivity contribution < 1.29 is 9.59 Å². The van der Waals surface area contributed by atoms with E-state index in [2.05, 4.69) is 21.2 Å². The molecule has 2 atom stereocenters. The van der Waals surface area contributed by atoms with Crippen LogP contribution in [-0.4, -0.2) is 23.3 Å². The Labute approximate surface area is 166 Å². The van der Waals surface area contributed by atoms with Crippen molar-refractivity contribution in [3.63, 3.8) is 0 Å². The molecule has 0 aliphatic carbocycles. The van der Waals surface area contributed by atoms with Gasteiger partial charge in [-0.1, -0.05) is 41.9 Å². The maximum atomic E-state index is 12.7. The highest BCUT2D eigenvalue weighted by Crippen LogP contribution is 2.33. The molecule has 2 amide bonds. The Morgan fingerprint density at radius 2 is 1.96 bits per heavy atom. The molecule has 1 heterocycles. The zero-order valence-electron chi connectivity index (χ0n) is 14.6. The minimum Gasteiger partial charge on any atom is -0.335 e. The standard InChI is InChI=1S/C20H20BrClN2O2/c1-12-17(9-8-16(21)19(12)22)23-20(26)15-10-18(25)24(11-15)13(2)14-6-4-3-5-7-14/h3-9,13,15H,10-11H2,1-2H3,(H,23,26)/t13-,15+/m0/s1. The van der Waals surface area contributed by atoms with Crippen LogP contribution in [0.5, 0.6) is 0 Å². The third kappa shape index (κ3) is 3.79. The summed E-state index contributed by atoms with van der Waals surface area (Å²) in [6.45, 7) is 4.27. The third-order valence-corrected chi connectivity index (χ3v) is 6.25. The summed E-state index contributed by atoms with van der Waals surface area (Å²) >= 11 is 9.59. The maximum absolute atomic E-state index is 12.7. The number of carbonyl (C=O) groups is 2. The van der Waals surface area contributed by atoms with E-state index in [0.29, 0.717) is 17.3 Å². The number of hydrogen-bond donors (Lipinski definition) is 1. The van der Waals surface area contributed by atoms with E-state index < -0.39 is 0 Å². The minimum absolute atomic E-state index is 0.00654. The Bertz CT molecular complexity index is 841. The number of rotatable bonds is 4. The first kappa shape index (κ1) is 18.9. The molecule has 0 radical (unpaired) electrons. The minimum atomic E-state index is -0.365. The average Bonchev–Trinajstić information content (AvgIpc) is 3.04. The topological polar surface area (TPSA) is 49.4 Å². The lowest BCUT2D eigenvalue weighted by molar-refractivity contribution is -0.129. The molecule has 1 aliphatic rings. The second-order valence-electron chi connectivity index (χ2n) is 6.56. The Balaban J connectivity index is 1.70. The van der Waals surface area contributed by atoms with Crippen molar-refractivity contribution in [2.24, 2.45) is 5.92 Å². The summed E-state index contributed by atoms with van der Waals surface area (Å²) in [6.07, 6.45) is 0.228. The Morgan fingerprint density at radius 1 is 1.27 bits per heavy atom. The van der Waals surface area contributed by atoms with Crippen LogP contribution in [0.1, 0.15) is 30.5 Å². The van der Waals surface area contributed by atoms with Gasteiger partial charge in [-0.25, -0.2) is 0 Å². The Hall–Kier alpha value is -1.85. The fourth-order valence-electron chi connectivity index (χ4n) is 3.22. The maximum Gasteiger partial charge on any atom is 0.229 e. The molecule has 1 saturated heterocycles. The van der Waals surface area contributed by atoms with Crippen LogP contribution in [0.4, 0.5) is 5.69 Å². The van der Waals surface area contributed by atoms with Gasteiger partial charge < -0.3 is 10.2 Å². The molecule has 1 aliphatic heterocycles. The van der Waals surface area contributed by atoms with E-state index in [1.165, 1.54) is 0 Å². The molecule has 2 aromatic carbocycles. The molecule has 0 saturated carbocycles. The fraction of sp³-hybridized carbons (Fsp3) is 0.300. The lowest BCUT2D eigenvalue weighted by Gasteiger charge is -2.25. The smallest absolute Gasteiger partial charge is 0.229 e. The number of carbonyl (C=O) groups excluding carboxylic acids is 2. The van der Waals surface area contributed by atoms with E-state index in [9.17, 15) is 9.59 Å². The van der Waals surface area contributed by atoms with Crippen molar-refractivity contribution in [2.45, 2.75) is 26.3 Å². The van der Waals surface area contributed by atoms with Crippen LogP contribution in [0, 0.1) is 12.8 Å². The van der Waals surface area contributed by atoms with Gasteiger partial charge in [-0.2, -0.15) is 0 Å². The highest BCUT2D eigenvalue weighted by molar-refractivity contribution is 9.10. The molecule has 2 aromatic rings. The first-order valence-corrected chi connectivity index (χ1v) is 9.65. The van der Waals surface area contributed by atoms with Gasteiger partial charge in [0.1, 0.15) is 0 Å². The molecule has 136 valence electrons. The molecule has 0 unspecified atom stereocenters. The number of halogens is 2. The van der Waals surface area contributed by atoms with Crippen molar-refractivity contribution in [3.8, 4) is 0 Å². The monoisotopic (exact) mass is 434 g/mol. The molecule has 0 bridgehead atoms. The largest absolute Gasteiger partial charge is 0.335 e. The molecule has 6 heteroatoms. The zero-order valence-corrected chi connectivity index (χ0v) is 17.0. The predicted molar refractivity (Wildman–Crippen MR) is 107 cm³/mol. The molecular formula is C20H20BrClN2O2. The van der Waals surface area contributed by atoms with Gasteiger partial charge in [-0.3, -0.25) is 9.59 Å². The van der Waals surface area contributed by atoms with Gasteiger partial charge in [0, 0.05) is 23.1 Å². The van der Waals surface area contributed by atoms with Crippen LogP contribution < -0.4 is 5.32 Å². The van der Waals surface area contributed by atoms with Gasteiger partial charge in [0.2, 0.25) is 11.8 Å². The fourth-order valence-corrected chi connectivity index (χ4v) is 3.81. The number of likely N-dealkylation sites (tertiary alicyclic amines) is 1. The molecule has 26 heavy (non-hydrogen) atoms. The van der Waals surface area contributed by atoms with Crippen LogP contribution in [0.2, 0.25) is 5.02 Å². The van der Waals surface area contributed by atoms with E-state index in [1.54, 1.807) is 11.0 Å². The molecular weight excluding hydrogens is 416 g/mol. The van der Waals surface area contributed by atoms with Gasteiger partial charge in [0.05, 0.1) is 17.0 Å². The van der Waals surface area contributed by atoms with Crippen molar-refractivity contribution in [2.75, 3.05) is 11.9 Å². The number of nitrogens with zero attached hydrogens (tertiary/aromatic N) is 1. The van der Waals surface area contributed by atoms with Crippen LogP contribution in [-0.2, 0) is 9.59 Å². The van der Waals surface area contributed by atoms with Gasteiger partial charge in [0.25, 0.3) is 0 Å². The van der Waals surface area contributed by atoms with Gasteiger partial charge in [-0.15, -0.1) is 0 Å². The van der Waals surface area contributed by atoms with Crippen molar-refractivity contribution >= 4 is 45.0 Å². The summed E-state index contributed by atoms with van der Waals surface area (Å²) in [5.41, 5.74) is 2.54. The average molecular weight is 436 g/mol. The second kappa shape index (κ2) is 7.80. The van der Waals surface area contributed by atoms with E-state index in [0.717, 1.165) is 15.6 Å². The van der Waals surface area contributed by atoms with E-state index in [-0.39, 0.29) is 30.2 Å². The van der Waals surface area contributed by atoms with E-state index in [4.69, 9.17) is 11.6 Å². The lowest BCUT2D eigenvalue weighted by atomic mass is 10.1. The lowest BCUT2D eigenvalue weighted by Crippen LogP contribution is -2.30. The van der Waals surface area contributed by atoms with Gasteiger partial charge in [-0.05, 0) is 53.0 Å². The third-order valence-electron chi connectivity index (χ3n) is 4.88. The van der Waals surface area contributed by atoms with Crippen LogP contribution in [0.15, 0.2) is 46.9 Å².